The number of pyridine rings is 2. The van der Waals surface area contributed by atoms with Gasteiger partial charge in [0.1, 0.15) is 4.88 Å². The molecule has 1 amide bonds. The van der Waals surface area contributed by atoms with Crippen molar-refractivity contribution in [2.75, 3.05) is 11.1 Å². The monoisotopic (exact) mass is 284 g/mol. The number of carbonyl (C=O) groups excluding carboxylic acids is 1. The van der Waals surface area contributed by atoms with Gasteiger partial charge in [0.05, 0.1) is 22.3 Å². The summed E-state index contributed by atoms with van der Waals surface area (Å²) in [6.45, 7) is 1.91. The van der Waals surface area contributed by atoms with Crippen LogP contribution in [0.2, 0.25) is 0 Å². The van der Waals surface area contributed by atoms with Gasteiger partial charge in [0.15, 0.2) is 0 Å². The molecule has 0 saturated heterocycles. The number of aromatic nitrogens is 2. The quantitative estimate of drug-likeness (QED) is 0.758. The molecule has 0 fully saturated rings. The summed E-state index contributed by atoms with van der Waals surface area (Å²) in [6.07, 6.45) is 6.68. The molecule has 0 aromatic carbocycles. The van der Waals surface area contributed by atoms with Gasteiger partial charge in [-0.1, -0.05) is 0 Å². The Labute approximate surface area is 119 Å². The average molecular weight is 284 g/mol. The molecule has 6 heteroatoms. The molecule has 3 aromatic heterocycles. The first-order chi connectivity index (χ1) is 9.66. The summed E-state index contributed by atoms with van der Waals surface area (Å²) >= 11 is 1.34. The predicted octanol–water partition coefficient (Wildman–Crippen LogP) is 2.83. The van der Waals surface area contributed by atoms with Gasteiger partial charge in [-0.15, -0.1) is 11.3 Å². The fourth-order valence-electron chi connectivity index (χ4n) is 1.91. The average Bonchev–Trinajstić information content (AvgIpc) is 2.79. The summed E-state index contributed by atoms with van der Waals surface area (Å²) in [5.41, 5.74) is 8.17. The van der Waals surface area contributed by atoms with Gasteiger partial charge in [-0.05, 0) is 24.6 Å². The van der Waals surface area contributed by atoms with Crippen molar-refractivity contribution in [2.24, 2.45) is 0 Å². The standard InChI is InChI=1S/C14H12N4OS/c1-8-2-4-16-6-10(8)18-14(19)13-12(15)9-3-5-17-7-11(9)20-13/h2-7H,15H2,1H3,(H,18,19). The van der Waals surface area contributed by atoms with Crippen LogP contribution >= 0.6 is 11.3 Å². The van der Waals surface area contributed by atoms with E-state index in [1.165, 1.54) is 11.3 Å². The highest BCUT2D eigenvalue weighted by atomic mass is 32.1. The zero-order chi connectivity index (χ0) is 14.1. The highest BCUT2D eigenvalue weighted by Crippen LogP contribution is 2.33. The summed E-state index contributed by atoms with van der Waals surface area (Å²) < 4.78 is 0.901. The molecule has 0 atom stereocenters. The van der Waals surface area contributed by atoms with Gasteiger partial charge >= 0.3 is 0 Å². The van der Waals surface area contributed by atoms with Crippen LogP contribution in [-0.2, 0) is 0 Å². The van der Waals surface area contributed by atoms with E-state index < -0.39 is 0 Å². The van der Waals surface area contributed by atoms with E-state index in [-0.39, 0.29) is 5.91 Å². The SMILES string of the molecule is Cc1ccncc1NC(=O)c1sc2cnccc2c1N. The Balaban J connectivity index is 1.97. The molecule has 3 rings (SSSR count). The fourth-order valence-corrected chi connectivity index (χ4v) is 2.90. The molecule has 0 aliphatic carbocycles. The van der Waals surface area contributed by atoms with Crippen molar-refractivity contribution < 1.29 is 4.79 Å². The van der Waals surface area contributed by atoms with Crippen molar-refractivity contribution in [3.63, 3.8) is 0 Å². The summed E-state index contributed by atoms with van der Waals surface area (Å²) in [5.74, 6) is -0.222. The number of nitrogens with one attached hydrogen (secondary N) is 1. The van der Waals surface area contributed by atoms with Crippen LogP contribution in [0.15, 0.2) is 36.9 Å². The highest BCUT2D eigenvalue weighted by molar-refractivity contribution is 7.21. The van der Waals surface area contributed by atoms with Crippen LogP contribution in [0.5, 0.6) is 0 Å². The third kappa shape index (κ3) is 2.10. The second kappa shape index (κ2) is 4.90. The zero-order valence-corrected chi connectivity index (χ0v) is 11.6. The normalized spacial score (nSPS) is 10.7. The van der Waals surface area contributed by atoms with E-state index >= 15 is 0 Å². The summed E-state index contributed by atoms with van der Waals surface area (Å²) in [4.78, 5) is 20.9. The van der Waals surface area contributed by atoms with E-state index in [0.717, 1.165) is 15.6 Å². The number of rotatable bonds is 2. The molecule has 0 saturated carbocycles. The van der Waals surface area contributed by atoms with Gasteiger partial charge in [-0.2, -0.15) is 0 Å². The number of aryl methyl sites for hydroxylation is 1. The maximum Gasteiger partial charge on any atom is 0.267 e. The summed E-state index contributed by atoms with van der Waals surface area (Å²) in [6, 6.07) is 3.65. The Hall–Kier alpha value is -2.47. The van der Waals surface area contributed by atoms with Gasteiger partial charge in [-0.3, -0.25) is 14.8 Å². The summed E-state index contributed by atoms with van der Waals surface area (Å²) in [7, 11) is 0. The fraction of sp³-hybridized carbons (Fsp3) is 0.0714. The van der Waals surface area contributed by atoms with Gasteiger partial charge in [0.25, 0.3) is 5.91 Å². The Kier molecular flexibility index (Phi) is 3.08. The Bertz CT molecular complexity index is 797. The van der Waals surface area contributed by atoms with Crippen molar-refractivity contribution in [1.29, 1.82) is 0 Å². The maximum absolute atomic E-state index is 12.3. The first-order valence-corrected chi connectivity index (χ1v) is 6.82. The minimum Gasteiger partial charge on any atom is -0.397 e. The first kappa shape index (κ1) is 12.6. The van der Waals surface area contributed by atoms with Gasteiger partial charge in [0.2, 0.25) is 0 Å². The molecule has 0 unspecified atom stereocenters. The lowest BCUT2D eigenvalue weighted by molar-refractivity contribution is 0.103. The van der Waals surface area contributed by atoms with Gasteiger partial charge < -0.3 is 11.1 Å². The van der Waals surface area contributed by atoms with Crippen molar-refractivity contribution in [2.45, 2.75) is 6.92 Å². The van der Waals surface area contributed by atoms with Crippen LogP contribution < -0.4 is 11.1 Å². The van der Waals surface area contributed by atoms with Gasteiger partial charge in [-0.25, -0.2) is 0 Å². The second-order valence-electron chi connectivity index (χ2n) is 4.36. The largest absolute Gasteiger partial charge is 0.397 e. The molecule has 0 bridgehead atoms. The number of nitrogens with zero attached hydrogens (tertiary/aromatic N) is 2. The lowest BCUT2D eigenvalue weighted by Gasteiger charge is -2.06. The number of fused-ring (bicyclic) bond motifs is 1. The molecule has 20 heavy (non-hydrogen) atoms. The van der Waals surface area contributed by atoms with E-state index in [9.17, 15) is 4.79 Å². The van der Waals surface area contributed by atoms with Crippen LogP contribution in [0.1, 0.15) is 15.2 Å². The highest BCUT2D eigenvalue weighted by Gasteiger charge is 2.17. The van der Waals surface area contributed by atoms with Crippen LogP contribution in [0.3, 0.4) is 0 Å². The van der Waals surface area contributed by atoms with E-state index in [1.807, 2.05) is 19.1 Å². The molecule has 0 radical (unpaired) electrons. The number of anilines is 2. The maximum atomic E-state index is 12.3. The van der Waals surface area contributed by atoms with E-state index in [0.29, 0.717) is 16.3 Å². The summed E-state index contributed by atoms with van der Waals surface area (Å²) in [5, 5.41) is 3.70. The first-order valence-electron chi connectivity index (χ1n) is 6.01. The van der Waals surface area contributed by atoms with Crippen LogP contribution in [-0.4, -0.2) is 15.9 Å². The topological polar surface area (TPSA) is 80.9 Å². The van der Waals surface area contributed by atoms with E-state index in [1.54, 1.807) is 24.8 Å². The van der Waals surface area contributed by atoms with Crippen molar-refractivity contribution in [1.82, 2.24) is 9.97 Å². The number of thiophene rings is 1. The molecular formula is C14H12N4OS. The molecule has 0 aliphatic rings. The van der Waals surface area contributed by atoms with Crippen molar-refractivity contribution >= 4 is 38.7 Å². The Morgan fingerprint density at radius 3 is 2.75 bits per heavy atom. The van der Waals surface area contributed by atoms with Crippen LogP contribution in [0, 0.1) is 6.92 Å². The minimum atomic E-state index is -0.222. The minimum absolute atomic E-state index is 0.222. The van der Waals surface area contributed by atoms with Gasteiger partial charge in [0, 0.05) is 24.0 Å². The molecule has 3 N–H and O–H groups in total. The third-order valence-corrected chi connectivity index (χ3v) is 4.18. The third-order valence-electron chi connectivity index (χ3n) is 3.02. The molecular weight excluding hydrogens is 272 g/mol. The predicted molar refractivity (Wildman–Crippen MR) is 81.0 cm³/mol. The molecule has 0 spiro atoms. The molecule has 0 aliphatic heterocycles. The molecule has 5 nitrogen and oxygen atoms in total. The van der Waals surface area contributed by atoms with Crippen LogP contribution in [0.4, 0.5) is 11.4 Å². The Morgan fingerprint density at radius 2 is 2.00 bits per heavy atom. The Morgan fingerprint density at radius 1 is 1.25 bits per heavy atom. The van der Waals surface area contributed by atoms with Crippen molar-refractivity contribution in [3.8, 4) is 0 Å². The number of carbonyl (C=O) groups is 1. The number of nitrogen functional groups attached to an aromatic ring is 1. The van der Waals surface area contributed by atoms with Crippen LogP contribution in [0.25, 0.3) is 10.1 Å². The van der Waals surface area contributed by atoms with E-state index in [4.69, 9.17) is 5.73 Å². The number of hydrogen-bond donors (Lipinski definition) is 2. The smallest absolute Gasteiger partial charge is 0.267 e. The molecule has 3 heterocycles. The number of hydrogen-bond acceptors (Lipinski definition) is 5. The van der Waals surface area contributed by atoms with Crippen molar-refractivity contribution in [3.05, 3.63) is 47.4 Å². The van der Waals surface area contributed by atoms with E-state index in [2.05, 4.69) is 15.3 Å². The number of amides is 1. The molecule has 100 valence electrons. The number of nitrogens with two attached hydrogens (primary N) is 1. The zero-order valence-electron chi connectivity index (χ0n) is 10.8. The lowest BCUT2D eigenvalue weighted by Crippen LogP contribution is -2.13. The lowest BCUT2D eigenvalue weighted by atomic mass is 10.2. The second-order valence-corrected chi connectivity index (χ2v) is 5.41. The molecule has 3 aromatic rings.